The lowest BCUT2D eigenvalue weighted by Crippen LogP contribution is -2.48. The Morgan fingerprint density at radius 1 is 1.03 bits per heavy atom. The van der Waals surface area contributed by atoms with Crippen LogP contribution in [0.2, 0.25) is 0 Å². The molecular weight excluding hydrogens is 460 g/mol. The number of benzene rings is 1. The number of nitrogens with one attached hydrogen (secondary N) is 1. The van der Waals surface area contributed by atoms with Crippen molar-refractivity contribution in [2.24, 2.45) is 23.7 Å². The van der Waals surface area contributed by atoms with Crippen molar-refractivity contribution in [3.05, 3.63) is 24.3 Å². The Kier molecular flexibility index (Phi) is 6.60. The molecule has 32 heavy (non-hydrogen) atoms. The SMILES string of the molecule is CC1CCCN(S(=O)(=O)c2ccc(NC(=O)C3CC4CCCC(C3)C43SCCS3)cc2)C1. The Morgan fingerprint density at radius 3 is 2.31 bits per heavy atom. The third kappa shape index (κ3) is 4.25. The number of anilines is 1. The zero-order valence-electron chi connectivity index (χ0n) is 18.8. The number of sulfonamides is 1. The molecule has 5 rings (SSSR count). The first kappa shape index (κ1) is 23.1. The van der Waals surface area contributed by atoms with Crippen LogP contribution < -0.4 is 5.32 Å². The smallest absolute Gasteiger partial charge is 0.243 e. The Balaban J connectivity index is 1.24. The first-order chi connectivity index (χ1) is 15.4. The summed E-state index contributed by atoms with van der Waals surface area (Å²) in [7, 11) is -3.47. The quantitative estimate of drug-likeness (QED) is 0.635. The Labute approximate surface area is 200 Å². The van der Waals surface area contributed by atoms with E-state index in [1.54, 1.807) is 28.6 Å². The number of rotatable bonds is 4. The Morgan fingerprint density at radius 2 is 1.69 bits per heavy atom. The monoisotopic (exact) mass is 494 g/mol. The van der Waals surface area contributed by atoms with Gasteiger partial charge in [0, 0.05) is 36.2 Å². The number of hydrogen-bond donors (Lipinski definition) is 1. The predicted molar refractivity (Wildman–Crippen MR) is 133 cm³/mol. The molecule has 0 aromatic heterocycles. The third-order valence-corrected chi connectivity index (χ3v) is 13.8. The number of piperidine rings is 1. The number of thioether (sulfide) groups is 2. The van der Waals surface area contributed by atoms with Crippen molar-refractivity contribution in [1.29, 1.82) is 0 Å². The van der Waals surface area contributed by atoms with Gasteiger partial charge < -0.3 is 5.32 Å². The van der Waals surface area contributed by atoms with Crippen LogP contribution in [0.15, 0.2) is 29.2 Å². The van der Waals surface area contributed by atoms with Crippen LogP contribution in [0.4, 0.5) is 5.69 Å². The van der Waals surface area contributed by atoms with Gasteiger partial charge in [-0.15, -0.1) is 23.5 Å². The molecule has 2 bridgehead atoms. The van der Waals surface area contributed by atoms with Crippen LogP contribution in [0.5, 0.6) is 0 Å². The van der Waals surface area contributed by atoms with Gasteiger partial charge in [-0.2, -0.15) is 4.31 Å². The lowest BCUT2D eigenvalue weighted by Gasteiger charge is -2.52. The minimum Gasteiger partial charge on any atom is -0.326 e. The molecule has 1 amide bonds. The molecule has 2 aliphatic heterocycles. The van der Waals surface area contributed by atoms with Gasteiger partial charge in [0.15, 0.2) is 0 Å². The Hall–Kier alpha value is -0.700. The van der Waals surface area contributed by atoms with Gasteiger partial charge in [0.1, 0.15) is 0 Å². The molecule has 1 spiro atoms. The van der Waals surface area contributed by atoms with E-state index in [1.165, 1.54) is 30.8 Å². The molecule has 2 aliphatic carbocycles. The van der Waals surface area contributed by atoms with Crippen LogP contribution in [-0.4, -0.2) is 47.3 Å². The molecule has 3 unspecified atom stereocenters. The summed E-state index contributed by atoms with van der Waals surface area (Å²) in [6.07, 6.45) is 7.78. The zero-order chi connectivity index (χ0) is 22.3. The molecule has 2 saturated carbocycles. The van der Waals surface area contributed by atoms with Crippen LogP contribution >= 0.6 is 23.5 Å². The summed E-state index contributed by atoms with van der Waals surface area (Å²) in [4.78, 5) is 13.4. The summed E-state index contributed by atoms with van der Waals surface area (Å²) in [5.74, 6) is 4.35. The highest BCUT2D eigenvalue weighted by Gasteiger charge is 2.55. The minimum atomic E-state index is -3.47. The third-order valence-electron chi connectivity index (χ3n) is 7.87. The molecule has 2 heterocycles. The fourth-order valence-corrected chi connectivity index (χ4v) is 11.8. The zero-order valence-corrected chi connectivity index (χ0v) is 21.2. The second kappa shape index (κ2) is 9.16. The molecule has 1 aromatic carbocycles. The topological polar surface area (TPSA) is 66.5 Å². The molecule has 1 aromatic rings. The first-order valence-electron chi connectivity index (χ1n) is 12.1. The van der Waals surface area contributed by atoms with Gasteiger partial charge in [0.25, 0.3) is 0 Å². The van der Waals surface area contributed by atoms with Crippen LogP contribution in [0.3, 0.4) is 0 Å². The van der Waals surface area contributed by atoms with Crippen molar-refractivity contribution in [2.75, 3.05) is 29.9 Å². The van der Waals surface area contributed by atoms with Crippen molar-refractivity contribution in [3.63, 3.8) is 0 Å². The van der Waals surface area contributed by atoms with Gasteiger partial charge in [0.2, 0.25) is 15.9 Å². The van der Waals surface area contributed by atoms with E-state index in [0.29, 0.717) is 45.5 Å². The highest BCUT2D eigenvalue weighted by atomic mass is 32.2. The van der Waals surface area contributed by atoms with E-state index in [9.17, 15) is 13.2 Å². The van der Waals surface area contributed by atoms with Crippen LogP contribution in [0.1, 0.15) is 51.9 Å². The second-order valence-corrected chi connectivity index (χ2v) is 15.0. The van der Waals surface area contributed by atoms with E-state index in [0.717, 1.165) is 25.7 Å². The molecule has 4 aliphatic rings. The van der Waals surface area contributed by atoms with Gasteiger partial charge in [-0.05, 0) is 80.5 Å². The summed E-state index contributed by atoms with van der Waals surface area (Å²) in [5.41, 5.74) is 0.691. The Bertz CT molecular complexity index is 928. The lowest BCUT2D eigenvalue weighted by atomic mass is 9.67. The second-order valence-electron chi connectivity index (χ2n) is 10.0. The number of carbonyl (C=O) groups excluding carboxylic acids is 1. The molecule has 0 radical (unpaired) electrons. The average Bonchev–Trinajstić information content (AvgIpc) is 3.23. The van der Waals surface area contributed by atoms with Gasteiger partial charge >= 0.3 is 0 Å². The van der Waals surface area contributed by atoms with Crippen molar-refractivity contribution >= 4 is 45.1 Å². The summed E-state index contributed by atoms with van der Waals surface area (Å²) in [6, 6.07) is 6.76. The normalized spacial score (nSPS) is 32.7. The molecule has 8 heteroatoms. The highest BCUT2D eigenvalue weighted by molar-refractivity contribution is 8.21. The maximum absolute atomic E-state index is 13.1. The van der Waals surface area contributed by atoms with Crippen molar-refractivity contribution in [3.8, 4) is 0 Å². The summed E-state index contributed by atoms with van der Waals surface area (Å²) in [5, 5.41) is 3.08. The number of nitrogens with zero attached hydrogens (tertiary/aromatic N) is 1. The van der Waals surface area contributed by atoms with Gasteiger partial charge in [-0.25, -0.2) is 8.42 Å². The maximum atomic E-state index is 13.1. The number of carbonyl (C=O) groups is 1. The first-order valence-corrected chi connectivity index (χ1v) is 15.5. The minimum absolute atomic E-state index is 0.0657. The van der Waals surface area contributed by atoms with Gasteiger partial charge in [-0.3, -0.25) is 4.79 Å². The van der Waals surface area contributed by atoms with Crippen molar-refractivity contribution in [2.45, 2.75) is 60.8 Å². The molecule has 3 atom stereocenters. The summed E-state index contributed by atoms with van der Waals surface area (Å²) in [6.45, 7) is 3.28. The molecule has 1 N–H and O–H groups in total. The summed E-state index contributed by atoms with van der Waals surface area (Å²) < 4.78 is 27.9. The predicted octanol–water partition coefficient (Wildman–Crippen LogP) is 5.05. The van der Waals surface area contributed by atoms with Crippen molar-refractivity contribution in [1.82, 2.24) is 4.31 Å². The highest BCUT2D eigenvalue weighted by Crippen LogP contribution is 2.64. The fraction of sp³-hybridized carbons (Fsp3) is 0.708. The van der Waals surface area contributed by atoms with Crippen molar-refractivity contribution < 1.29 is 13.2 Å². The fourth-order valence-electron chi connectivity index (χ4n) is 6.29. The molecular formula is C24H34N2O3S3. The van der Waals surface area contributed by atoms with Crippen LogP contribution in [0.25, 0.3) is 0 Å². The maximum Gasteiger partial charge on any atom is 0.243 e. The van der Waals surface area contributed by atoms with Crippen LogP contribution in [-0.2, 0) is 14.8 Å². The summed E-state index contributed by atoms with van der Waals surface area (Å²) >= 11 is 4.32. The van der Waals surface area contributed by atoms with E-state index in [2.05, 4.69) is 35.8 Å². The number of hydrogen-bond acceptors (Lipinski definition) is 5. The van der Waals surface area contributed by atoms with Crippen LogP contribution in [0, 0.1) is 23.7 Å². The standard InChI is InChI=1S/C24H34N2O3S3/c1-17-4-3-11-26(16-17)32(28,29)22-9-7-21(8-10-22)25-23(27)18-14-19-5-2-6-20(15-18)24(19)30-12-13-31-24/h7-10,17-20H,2-6,11-16H2,1H3,(H,25,27). The molecule has 4 fully saturated rings. The van der Waals surface area contributed by atoms with Gasteiger partial charge in [-0.1, -0.05) is 13.3 Å². The van der Waals surface area contributed by atoms with E-state index in [4.69, 9.17) is 0 Å². The molecule has 2 saturated heterocycles. The largest absolute Gasteiger partial charge is 0.326 e. The van der Waals surface area contributed by atoms with Gasteiger partial charge in [0.05, 0.1) is 8.97 Å². The number of amides is 1. The van der Waals surface area contributed by atoms with E-state index in [1.807, 2.05) is 0 Å². The van der Waals surface area contributed by atoms with E-state index >= 15 is 0 Å². The van der Waals surface area contributed by atoms with E-state index < -0.39 is 10.0 Å². The molecule has 5 nitrogen and oxygen atoms in total. The average molecular weight is 495 g/mol. The molecule has 176 valence electrons. The van der Waals surface area contributed by atoms with E-state index in [-0.39, 0.29) is 11.8 Å². The lowest BCUT2D eigenvalue weighted by molar-refractivity contribution is -0.122.